The molecule has 0 aromatic heterocycles. The molecule has 0 spiro atoms. The van der Waals surface area contributed by atoms with Gasteiger partial charge in [-0.15, -0.1) is 0 Å². The lowest BCUT2D eigenvalue weighted by Crippen LogP contribution is -2.05. The third-order valence-electron chi connectivity index (χ3n) is 2.56. The fourth-order valence-electron chi connectivity index (χ4n) is 1.65. The Kier molecular flexibility index (Phi) is 3.59. The smallest absolute Gasteiger partial charge is 0.208 e. The molecule has 0 heterocycles. The van der Waals surface area contributed by atoms with E-state index in [2.05, 4.69) is 5.32 Å². The Bertz CT molecular complexity index is 654. The highest BCUT2D eigenvalue weighted by Crippen LogP contribution is 2.29. The van der Waals surface area contributed by atoms with Gasteiger partial charge in [0, 0.05) is 12.1 Å². The lowest BCUT2D eigenvalue weighted by atomic mass is 10.3. The van der Waals surface area contributed by atoms with E-state index in [0.717, 1.165) is 0 Å². The molecule has 2 aromatic rings. The Morgan fingerprint density at radius 3 is 2.33 bits per heavy atom. The van der Waals surface area contributed by atoms with Crippen LogP contribution in [-0.4, -0.2) is 15.5 Å². The number of sulfone groups is 1. The summed E-state index contributed by atoms with van der Waals surface area (Å²) < 4.78 is 24.9. The van der Waals surface area contributed by atoms with Crippen LogP contribution < -0.4 is 5.32 Å². The SMILES string of the molecule is CNc1ccc(Cl)cc1S(=O)(=O)c1ccccc1. The predicted octanol–water partition coefficient (Wildman–Crippen LogP) is 3.21. The van der Waals surface area contributed by atoms with E-state index in [-0.39, 0.29) is 9.79 Å². The van der Waals surface area contributed by atoms with Crippen molar-refractivity contribution in [3.63, 3.8) is 0 Å². The molecule has 3 nitrogen and oxygen atoms in total. The largest absolute Gasteiger partial charge is 0.387 e. The molecule has 2 rings (SSSR count). The molecule has 2 aromatic carbocycles. The zero-order valence-corrected chi connectivity index (χ0v) is 11.3. The lowest BCUT2D eigenvalue weighted by Gasteiger charge is -2.10. The third kappa shape index (κ3) is 2.35. The third-order valence-corrected chi connectivity index (χ3v) is 4.60. The van der Waals surface area contributed by atoms with Crippen LogP contribution in [0.2, 0.25) is 5.02 Å². The molecule has 0 aliphatic rings. The number of anilines is 1. The van der Waals surface area contributed by atoms with Gasteiger partial charge in [-0.2, -0.15) is 0 Å². The molecular formula is C13H12ClNO2S. The minimum absolute atomic E-state index is 0.184. The molecule has 0 atom stereocenters. The molecule has 0 saturated carbocycles. The van der Waals surface area contributed by atoms with Crippen LogP contribution in [-0.2, 0) is 9.84 Å². The normalized spacial score (nSPS) is 11.2. The number of halogens is 1. The van der Waals surface area contributed by atoms with Gasteiger partial charge in [0.15, 0.2) is 0 Å². The summed E-state index contributed by atoms with van der Waals surface area (Å²) >= 11 is 5.88. The first-order valence-electron chi connectivity index (χ1n) is 5.33. The van der Waals surface area contributed by atoms with Gasteiger partial charge in [0.05, 0.1) is 15.5 Å². The Labute approximate surface area is 111 Å². The van der Waals surface area contributed by atoms with Gasteiger partial charge in [-0.1, -0.05) is 29.8 Å². The molecule has 0 saturated heterocycles. The van der Waals surface area contributed by atoms with Gasteiger partial charge in [0.1, 0.15) is 0 Å². The van der Waals surface area contributed by atoms with Gasteiger partial charge in [-0.05, 0) is 30.3 Å². The predicted molar refractivity (Wildman–Crippen MR) is 72.9 cm³/mol. The molecular weight excluding hydrogens is 270 g/mol. The standard InChI is InChI=1S/C13H12ClNO2S/c1-15-12-8-7-10(14)9-13(12)18(16,17)11-5-3-2-4-6-11/h2-9,15H,1H3. The second-order valence-corrected chi connectivity index (χ2v) is 6.06. The maximum Gasteiger partial charge on any atom is 0.208 e. The molecule has 0 amide bonds. The highest BCUT2D eigenvalue weighted by Gasteiger charge is 2.21. The summed E-state index contributed by atoms with van der Waals surface area (Å²) in [4.78, 5) is 0.437. The van der Waals surface area contributed by atoms with Gasteiger partial charge in [-0.3, -0.25) is 0 Å². The minimum Gasteiger partial charge on any atom is -0.387 e. The van der Waals surface area contributed by atoms with Crippen molar-refractivity contribution in [2.75, 3.05) is 12.4 Å². The molecule has 1 N–H and O–H groups in total. The Hall–Kier alpha value is -1.52. The first-order valence-corrected chi connectivity index (χ1v) is 7.19. The number of nitrogens with one attached hydrogen (secondary N) is 1. The molecule has 0 fully saturated rings. The fraction of sp³-hybridized carbons (Fsp3) is 0.0769. The van der Waals surface area contributed by atoms with Crippen molar-refractivity contribution < 1.29 is 8.42 Å². The molecule has 0 aliphatic heterocycles. The van der Waals surface area contributed by atoms with Crippen LogP contribution in [0.4, 0.5) is 5.69 Å². The van der Waals surface area contributed by atoms with Gasteiger partial charge in [0.25, 0.3) is 0 Å². The summed E-state index contributed by atoms with van der Waals surface area (Å²) in [6.45, 7) is 0. The van der Waals surface area contributed by atoms with Crippen LogP contribution in [0.15, 0.2) is 58.3 Å². The van der Waals surface area contributed by atoms with Crippen LogP contribution in [0.3, 0.4) is 0 Å². The maximum atomic E-state index is 12.5. The summed E-state index contributed by atoms with van der Waals surface area (Å²) in [5.41, 5.74) is 0.531. The van der Waals surface area contributed by atoms with E-state index in [4.69, 9.17) is 11.6 Å². The molecule has 0 radical (unpaired) electrons. The van der Waals surface area contributed by atoms with Crippen molar-refractivity contribution in [1.29, 1.82) is 0 Å². The van der Waals surface area contributed by atoms with Crippen LogP contribution in [0, 0.1) is 0 Å². The average Bonchev–Trinajstić information content (AvgIpc) is 2.39. The van der Waals surface area contributed by atoms with E-state index < -0.39 is 9.84 Å². The first kappa shape index (κ1) is 12.9. The molecule has 18 heavy (non-hydrogen) atoms. The number of hydrogen-bond donors (Lipinski definition) is 1. The van der Waals surface area contributed by atoms with Crippen LogP contribution in [0.5, 0.6) is 0 Å². The Morgan fingerprint density at radius 2 is 1.72 bits per heavy atom. The van der Waals surface area contributed by atoms with Crippen molar-refractivity contribution in [1.82, 2.24) is 0 Å². The monoisotopic (exact) mass is 281 g/mol. The van der Waals surface area contributed by atoms with Crippen molar-refractivity contribution >= 4 is 27.1 Å². The van der Waals surface area contributed by atoms with E-state index in [0.29, 0.717) is 10.7 Å². The van der Waals surface area contributed by atoms with E-state index in [9.17, 15) is 8.42 Å². The lowest BCUT2D eigenvalue weighted by molar-refractivity contribution is 0.596. The highest BCUT2D eigenvalue weighted by molar-refractivity contribution is 7.91. The van der Waals surface area contributed by atoms with Crippen LogP contribution in [0.1, 0.15) is 0 Å². The highest BCUT2D eigenvalue weighted by atomic mass is 35.5. The zero-order chi connectivity index (χ0) is 13.2. The van der Waals surface area contributed by atoms with Crippen molar-refractivity contribution in [3.8, 4) is 0 Å². The van der Waals surface area contributed by atoms with E-state index in [1.807, 2.05) is 0 Å². The van der Waals surface area contributed by atoms with E-state index >= 15 is 0 Å². The Balaban J connectivity index is 2.65. The minimum atomic E-state index is -3.55. The molecule has 5 heteroatoms. The van der Waals surface area contributed by atoms with Crippen molar-refractivity contribution in [2.45, 2.75) is 9.79 Å². The number of hydrogen-bond acceptors (Lipinski definition) is 3. The zero-order valence-electron chi connectivity index (χ0n) is 9.72. The van der Waals surface area contributed by atoms with Gasteiger partial charge < -0.3 is 5.32 Å². The summed E-state index contributed by atoms with van der Waals surface area (Å²) in [6, 6.07) is 13.0. The summed E-state index contributed by atoms with van der Waals surface area (Å²) in [6.07, 6.45) is 0. The fourth-order valence-corrected chi connectivity index (χ4v) is 3.40. The van der Waals surface area contributed by atoms with Crippen molar-refractivity contribution in [3.05, 3.63) is 53.6 Å². The van der Waals surface area contributed by atoms with Crippen LogP contribution >= 0.6 is 11.6 Å². The molecule has 94 valence electrons. The molecule has 0 aliphatic carbocycles. The number of rotatable bonds is 3. The second kappa shape index (κ2) is 5.00. The first-order chi connectivity index (χ1) is 8.55. The molecule has 0 unspecified atom stereocenters. The maximum absolute atomic E-state index is 12.5. The number of benzene rings is 2. The van der Waals surface area contributed by atoms with Gasteiger partial charge in [-0.25, -0.2) is 8.42 Å². The van der Waals surface area contributed by atoms with Crippen molar-refractivity contribution in [2.24, 2.45) is 0 Å². The topological polar surface area (TPSA) is 46.2 Å². The quantitative estimate of drug-likeness (QED) is 0.940. The summed E-state index contributed by atoms with van der Waals surface area (Å²) in [5, 5.41) is 3.25. The summed E-state index contributed by atoms with van der Waals surface area (Å²) in [7, 11) is -1.88. The second-order valence-electron chi connectivity index (χ2n) is 3.71. The van der Waals surface area contributed by atoms with E-state index in [1.165, 1.54) is 6.07 Å². The van der Waals surface area contributed by atoms with Gasteiger partial charge in [0.2, 0.25) is 9.84 Å². The summed E-state index contributed by atoms with van der Waals surface area (Å²) in [5.74, 6) is 0. The van der Waals surface area contributed by atoms with Gasteiger partial charge >= 0.3 is 0 Å². The van der Waals surface area contributed by atoms with E-state index in [1.54, 1.807) is 49.5 Å². The average molecular weight is 282 g/mol. The molecule has 0 bridgehead atoms. The van der Waals surface area contributed by atoms with Crippen LogP contribution in [0.25, 0.3) is 0 Å². The Morgan fingerprint density at radius 1 is 1.06 bits per heavy atom.